The largest absolute Gasteiger partial charge is 0.481 e. The molecule has 0 saturated carbocycles. The number of sulfonamides is 1. The monoisotopic (exact) mass is 311 g/mol. The van der Waals surface area contributed by atoms with Crippen molar-refractivity contribution >= 4 is 33.3 Å². The van der Waals surface area contributed by atoms with Gasteiger partial charge in [-0.2, -0.15) is 5.10 Å². The Balaban J connectivity index is 2.28. The van der Waals surface area contributed by atoms with Crippen LogP contribution in [0.5, 0.6) is 0 Å². The van der Waals surface area contributed by atoms with Crippen molar-refractivity contribution in [3.05, 3.63) is 24.3 Å². The summed E-state index contributed by atoms with van der Waals surface area (Å²) in [7, 11) is -3.81. The molecule has 2 rings (SSSR count). The second kappa shape index (κ2) is 5.26. The SMILES string of the molecule is CC1=NN(c2ccc(S(N)(=O)=O)cc2)C(=O)C1CC(=O)O. The maximum Gasteiger partial charge on any atom is 0.304 e. The lowest BCUT2D eigenvalue weighted by Crippen LogP contribution is -2.28. The minimum atomic E-state index is -3.81. The molecule has 3 N–H and O–H groups in total. The summed E-state index contributed by atoms with van der Waals surface area (Å²) in [5.74, 6) is -2.35. The summed E-state index contributed by atoms with van der Waals surface area (Å²) in [6.45, 7) is 1.57. The van der Waals surface area contributed by atoms with E-state index in [1.807, 2.05) is 0 Å². The lowest BCUT2D eigenvalue weighted by Gasteiger charge is -2.13. The molecule has 1 unspecified atom stereocenters. The van der Waals surface area contributed by atoms with Crippen LogP contribution in [0.3, 0.4) is 0 Å². The quantitative estimate of drug-likeness (QED) is 0.817. The van der Waals surface area contributed by atoms with Crippen LogP contribution in [-0.4, -0.2) is 31.1 Å². The van der Waals surface area contributed by atoms with Gasteiger partial charge < -0.3 is 5.11 Å². The molecule has 0 aliphatic carbocycles. The number of nitrogens with two attached hydrogens (primary N) is 1. The van der Waals surface area contributed by atoms with E-state index in [1.54, 1.807) is 6.92 Å². The number of carboxylic acids is 1. The van der Waals surface area contributed by atoms with Gasteiger partial charge in [0.25, 0.3) is 5.91 Å². The first-order valence-electron chi connectivity index (χ1n) is 5.94. The summed E-state index contributed by atoms with van der Waals surface area (Å²) >= 11 is 0. The van der Waals surface area contributed by atoms with Crippen LogP contribution in [0.15, 0.2) is 34.3 Å². The maximum absolute atomic E-state index is 12.1. The fourth-order valence-electron chi connectivity index (χ4n) is 1.97. The number of aliphatic carboxylic acids is 1. The van der Waals surface area contributed by atoms with Gasteiger partial charge in [-0.3, -0.25) is 9.59 Å². The molecular weight excluding hydrogens is 298 g/mol. The molecule has 1 aliphatic rings. The Labute approximate surface area is 120 Å². The molecule has 0 saturated heterocycles. The highest BCUT2D eigenvalue weighted by atomic mass is 32.2. The van der Waals surface area contributed by atoms with Gasteiger partial charge in [-0.15, -0.1) is 0 Å². The van der Waals surface area contributed by atoms with Crippen LogP contribution in [0.1, 0.15) is 13.3 Å². The third-order valence-electron chi connectivity index (χ3n) is 3.06. The number of carboxylic acid groups (broad SMARTS) is 1. The topological polar surface area (TPSA) is 130 Å². The van der Waals surface area contributed by atoms with Crippen LogP contribution < -0.4 is 10.1 Å². The van der Waals surface area contributed by atoms with Crippen LogP contribution in [-0.2, 0) is 19.6 Å². The van der Waals surface area contributed by atoms with Crippen LogP contribution in [0.2, 0.25) is 0 Å². The highest BCUT2D eigenvalue weighted by Gasteiger charge is 2.35. The molecule has 0 spiro atoms. The molecular formula is C12H13N3O5S. The van der Waals surface area contributed by atoms with Crippen LogP contribution in [0, 0.1) is 5.92 Å². The van der Waals surface area contributed by atoms with E-state index < -0.39 is 27.8 Å². The van der Waals surface area contributed by atoms with E-state index in [0.717, 1.165) is 5.01 Å². The Morgan fingerprint density at radius 2 is 1.95 bits per heavy atom. The smallest absolute Gasteiger partial charge is 0.304 e. The fourth-order valence-corrected chi connectivity index (χ4v) is 2.49. The number of benzene rings is 1. The van der Waals surface area contributed by atoms with Gasteiger partial charge in [0.1, 0.15) is 0 Å². The second-order valence-corrected chi connectivity index (χ2v) is 6.14. The predicted octanol–water partition coefficient (Wildman–Crippen LogP) is 0.147. The van der Waals surface area contributed by atoms with E-state index in [2.05, 4.69) is 5.10 Å². The normalized spacial score (nSPS) is 18.8. The van der Waals surface area contributed by atoms with Gasteiger partial charge in [0.05, 0.1) is 22.9 Å². The summed E-state index contributed by atoms with van der Waals surface area (Å²) in [5, 5.41) is 18.9. The maximum atomic E-state index is 12.1. The Morgan fingerprint density at radius 1 is 1.38 bits per heavy atom. The summed E-state index contributed by atoms with van der Waals surface area (Å²) in [5.41, 5.74) is 0.748. The third-order valence-corrected chi connectivity index (χ3v) is 3.99. The van der Waals surface area contributed by atoms with Crippen LogP contribution in [0.25, 0.3) is 0 Å². The summed E-state index contributed by atoms with van der Waals surface area (Å²) in [6, 6.07) is 5.29. The van der Waals surface area contributed by atoms with Crippen LogP contribution in [0.4, 0.5) is 5.69 Å². The first kappa shape index (κ1) is 15.1. The number of hydrazone groups is 1. The molecule has 0 fully saturated rings. The molecule has 1 aliphatic heterocycles. The van der Waals surface area contributed by atoms with Crippen molar-refractivity contribution in [2.24, 2.45) is 16.2 Å². The number of anilines is 1. The average Bonchev–Trinajstić information content (AvgIpc) is 2.65. The van der Waals surface area contributed by atoms with Gasteiger partial charge in [0.2, 0.25) is 10.0 Å². The fraction of sp³-hybridized carbons (Fsp3) is 0.250. The molecule has 0 bridgehead atoms. The zero-order valence-corrected chi connectivity index (χ0v) is 11.9. The van der Waals surface area contributed by atoms with E-state index in [0.29, 0.717) is 11.4 Å². The molecule has 1 amide bonds. The van der Waals surface area contributed by atoms with Crippen molar-refractivity contribution in [3.63, 3.8) is 0 Å². The first-order valence-corrected chi connectivity index (χ1v) is 7.48. The first-order chi connectivity index (χ1) is 9.70. The molecule has 1 heterocycles. The molecule has 0 aromatic heterocycles. The van der Waals surface area contributed by atoms with Crippen LogP contribution >= 0.6 is 0 Å². The third kappa shape index (κ3) is 3.09. The zero-order valence-electron chi connectivity index (χ0n) is 11.1. The van der Waals surface area contributed by atoms with Gasteiger partial charge in [-0.25, -0.2) is 18.6 Å². The summed E-state index contributed by atoms with van der Waals surface area (Å²) < 4.78 is 22.3. The molecule has 1 aromatic carbocycles. The molecule has 1 atom stereocenters. The number of hydrogen-bond donors (Lipinski definition) is 2. The number of hydrogen-bond acceptors (Lipinski definition) is 5. The molecule has 0 radical (unpaired) electrons. The number of primary sulfonamides is 1. The highest BCUT2D eigenvalue weighted by molar-refractivity contribution is 7.89. The van der Waals surface area contributed by atoms with Crippen molar-refractivity contribution in [1.29, 1.82) is 0 Å². The predicted molar refractivity (Wildman–Crippen MR) is 74.2 cm³/mol. The number of amides is 1. The highest BCUT2D eigenvalue weighted by Crippen LogP contribution is 2.26. The average molecular weight is 311 g/mol. The van der Waals surface area contributed by atoms with Crippen molar-refractivity contribution in [2.45, 2.75) is 18.2 Å². The van der Waals surface area contributed by atoms with Gasteiger partial charge in [0.15, 0.2) is 0 Å². The zero-order chi connectivity index (χ0) is 15.8. The Kier molecular flexibility index (Phi) is 3.79. The van der Waals surface area contributed by atoms with E-state index in [9.17, 15) is 18.0 Å². The van der Waals surface area contributed by atoms with Gasteiger partial charge in [-0.1, -0.05) is 0 Å². The minimum absolute atomic E-state index is 0.0827. The number of nitrogens with zero attached hydrogens (tertiary/aromatic N) is 2. The Hall–Kier alpha value is -2.26. The minimum Gasteiger partial charge on any atom is -0.481 e. The van der Waals surface area contributed by atoms with Gasteiger partial charge in [-0.05, 0) is 31.2 Å². The van der Waals surface area contributed by atoms with Crippen molar-refractivity contribution < 1.29 is 23.1 Å². The summed E-state index contributed by atoms with van der Waals surface area (Å²) in [6.07, 6.45) is -0.333. The van der Waals surface area contributed by atoms with Crippen molar-refractivity contribution in [1.82, 2.24) is 0 Å². The molecule has 1 aromatic rings. The van der Waals surface area contributed by atoms with E-state index in [-0.39, 0.29) is 11.3 Å². The number of carbonyl (C=O) groups excluding carboxylic acids is 1. The number of carbonyl (C=O) groups is 2. The van der Waals surface area contributed by atoms with Crippen molar-refractivity contribution in [3.8, 4) is 0 Å². The standard InChI is InChI=1S/C12H13N3O5S/c1-7-10(6-11(16)17)12(18)15(14-7)8-2-4-9(5-3-8)21(13,19)20/h2-5,10H,6H2,1H3,(H,16,17)(H2,13,19,20). The lowest BCUT2D eigenvalue weighted by atomic mass is 10.0. The van der Waals surface area contributed by atoms with E-state index >= 15 is 0 Å². The molecule has 112 valence electrons. The van der Waals surface area contributed by atoms with Gasteiger partial charge in [0, 0.05) is 5.71 Å². The van der Waals surface area contributed by atoms with E-state index in [4.69, 9.17) is 10.2 Å². The summed E-state index contributed by atoms with van der Waals surface area (Å²) in [4.78, 5) is 22.8. The van der Waals surface area contributed by atoms with Crippen molar-refractivity contribution in [2.75, 3.05) is 5.01 Å². The Bertz CT molecular complexity index is 724. The molecule has 8 nitrogen and oxygen atoms in total. The van der Waals surface area contributed by atoms with E-state index in [1.165, 1.54) is 24.3 Å². The molecule has 9 heteroatoms. The second-order valence-electron chi connectivity index (χ2n) is 4.58. The Morgan fingerprint density at radius 3 is 2.43 bits per heavy atom. The van der Waals surface area contributed by atoms with Gasteiger partial charge >= 0.3 is 5.97 Å². The lowest BCUT2D eigenvalue weighted by molar-refractivity contribution is -0.139. The number of rotatable bonds is 4. The molecule has 21 heavy (non-hydrogen) atoms.